The molecule has 0 aromatic heterocycles. The summed E-state index contributed by atoms with van der Waals surface area (Å²) in [5.74, 6) is 0. The fraction of sp³-hybridized carbons (Fsp3) is 1.00. The Morgan fingerprint density at radius 3 is 3.07 bits per heavy atom. The van der Waals surface area contributed by atoms with Crippen LogP contribution in [0, 0.1) is 0 Å². The summed E-state index contributed by atoms with van der Waals surface area (Å²) in [5, 5.41) is 8.69. The zero-order valence-corrected chi connectivity index (χ0v) is 8.79. The first-order valence-electron chi connectivity index (χ1n) is 5.35. The Bertz CT molecular complexity index is 155. The minimum absolute atomic E-state index is 0.0300. The summed E-state index contributed by atoms with van der Waals surface area (Å²) in [6.45, 7) is 4.38. The maximum atomic E-state index is 12.6. The second-order valence-electron chi connectivity index (χ2n) is 3.82. The number of hydrogen-bond acceptors (Lipinski definition) is 3. The highest BCUT2D eigenvalue weighted by Gasteiger charge is 2.21. The Labute approximate surface area is 84.9 Å². The van der Waals surface area contributed by atoms with Crippen molar-refractivity contribution in [2.24, 2.45) is 0 Å². The monoisotopic (exact) mass is 205 g/mol. The number of likely N-dealkylation sites (tertiary alicyclic amines) is 1. The van der Waals surface area contributed by atoms with E-state index in [9.17, 15) is 4.39 Å². The van der Waals surface area contributed by atoms with E-state index in [-0.39, 0.29) is 12.7 Å². The number of alkyl halides is 1. The molecule has 1 fully saturated rings. The second-order valence-corrected chi connectivity index (χ2v) is 3.82. The fourth-order valence-electron chi connectivity index (χ4n) is 1.89. The van der Waals surface area contributed by atoms with Gasteiger partial charge in [0.15, 0.2) is 6.36 Å². The normalized spacial score (nSPS) is 26.4. The minimum atomic E-state index is -1.17. The Hall–Kier alpha value is -0.190. The van der Waals surface area contributed by atoms with Crippen molar-refractivity contribution in [2.75, 3.05) is 26.2 Å². The van der Waals surface area contributed by atoms with E-state index in [4.69, 9.17) is 9.84 Å². The van der Waals surface area contributed by atoms with Gasteiger partial charge in [0.1, 0.15) is 0 Å². The maximum absolute atomic E-state index is 12.6. The van der Waals surface area contributed by atoms with Gasteiger partial charge >= 0.3 is 0 Å². The molecule has 3 nitrogen and oxygen atoms in total. The van der Waals surface area contributed by atoms with Gasteiger partial charge in [-0.1, -0.05) is 0 Å². The lowest BCUT2D eigenvalue weighted by atomic mass is 10.1. The van der Waals surface area contributed by atoms with Crippen LogP contribution < -0.4 is 0 Å². The lowest BCUT2D eigenvalue weighted by Crippen LogP contribution is -2.41. The van der Waals surface area contributed by atoms with E-state index in [1.165, 1.54) is 6.92 Å². The first-order valence-corrected chi connectivity index (χ1v) is 5.35. The molecule has 84 valence electrons. The standard InChI is InChI=1S/C10H20FNO2/c1-9(11)14-10-4-2-5-12(8-10)6-3-7-13/h9-10,13H,2-8H2,1H3. The molecule has 0 bridgehead atoms. The summed E-state index contributed by atoms with van der Waals surface area (Å²) in [5.41, 5.74) is 0. The van der Waals surface area contributed by atoms with E-state index in [0.717, 1.165) is 38.9 Å². The average Bonchev–Trinajstić information content (AvgIpc) is 2.14. The molecule has 0 aromatic rings. The summed E-state index contributed by atoms with van der Waals surface area (Å²) in [6.07, 6.45) is 1.66. The highest BCUT2D eigenvalue weighted by atomic mass is 19.1. The fourth-order valence-corrected chi connectivity index (χ4v) is 1.89. The van der Waals surface area contributed by atoms with Crippen molar-refractivity contribution in [2.45, 2.75) is 38.6 Å². The van der Waals surface area contributed by atoms with Crippen molar-refractivity contribution in [1.82, 2.24) is 4.90 Å². The van der Waals surface area contributed by atoms with Crippen molar-refractivity contribution < 1.29 is 14.2 Å². The molecule has 1 aliphatic rings. The zero-order valence-electron chi connectivity index (χ0n) is 8.79. The molecule has 1 saturated heterocycles. The van der Waals surface area contributed by atoms with Crippen molar-refractivity contribution in [3.8, 4) is 0 Å². The van der Waals surface area contributed by atoms with Crippen molar-refractivity contribution in [1.29, 1.82) is 0 Å². The quantitative estimate of drug-likeness (QED) is 0.731. The molecular formula is C10H20FNO2. The van der Waals surface area contributed by atoms with E-state index in [1.807, 2.05) is 0 Å². The van der Waals surface area contributed by atoms with Crippen LogP contribution in [0.25, 0.3) is 0 Å². The Kier molecular flexibility index (Phi) is 5.37. The molecule has 0 aromatic carbocycles. The van der Waals surface area contributed by atoms with Crippen LogP contribution in [0.3, 0.4) is 0 Å². The summed E-state index contributed by atoms with van der Waals surface area (Å²) in [4.78, 5) is 2.23. The van der Waals surface area contributed by atoms with Gasteiger partial charge in [-0.15, -0.1) is 0 Å². The third-order valence-corrected chi connectivity index (χ3v) is 2.47. The molecule has 0 radical (unpaired) electrons. The molecular weight excluding hydrogens is 185 g/mol. The predicted molar refractivity (Wildman–Crippen MR) is 52.8 cm³/mol. The van der Waals surface area contributed by atoms with Gasteiger partial charge in [-0.05, 0) is 32.7 Å². The second kappa shape index (κ2) is 6.32. The first kappa shape index (κ1) is 11.9. The minimum Gasteiger partial charge on any atom is -0.396 e. The SMILES string of the molecule is CC(F)OC1CCCN(CCCO)C1. The summed E-state index contributed by atoms with van der Waals surface area (Å²) >= 11 is 0. The third-order valence-electron chi connectivity index (χ3n) is 2.47. The van der Waals surface area contributed by atoms with Crippen LogP contribution in [-0.2, 0) is 4.74 Å². The van der Waals surface area contributed by atoms with Crippen LogP contribution in [0.2, 0.25) is 0 Å². The third kappa shape index (κ3) is 4.35. The number of hydrogen-bond donors (Lipinski definition) is 1. The number of rotatable bonds is 5. The van der Waals surface area contributed by atoms with E-state index < -0.39 is 6.36 Å². The zero-order chi connectivity index (χ0) is 10.4. The van der Waals surface area contributed by atoms with Gasteiger partial charge in [-0.3, -0.25) is 0 Å². The molecule has 14 heavy (non-hydrogen) atoms. The molecule has 2 atom stereocenters. The molecule has 2 unspecified atom stereocenters. The van der Waals surface area contributed by atoms with E-state index in [2.05, 4.69) is 4.90 Å². The average molecular weight is 205 g/mol. The first-order chi connectivity index (χ1) is 6.72. The molecule has 0 spiro atoms. The van der Waals surface area contributed by atoms with E-state index in [1.54, 1.807) is 0 Å². The van der Waals surface area contributed by atoms with Gasteiger partial charge in [-0.25, -0.2) is 4.39 Å². The number of nitrogens with zero attached hydrogens (tertiary/aromatic N) is 1. The Balaban J connectivity index is 2.21. The Morgan fingerprint density at radius 1 is 1.64 bits per heavy atom. The molecule has 1 N–H and O–H groups in total. The van der Waals surface area contributed by atoms with Crippen molar-refractivity contribution in [3.05, 3.63) is 0 Å². The number of halogens is 1. The number of piperidine rings is 1. The van der Waals surface area contributed by atoms with Gasteiger partial charge < -0.3 is 14.7 Å². The van der Waals surface area contributed by atoms with Gasteiger partial charge in [0.2, 0.25) is 0 Å². The maximum Gasteiger partial charge on any atom is 0.196 e. The number of aliphatic hydroxyl groups excluding tert-OH is 1. The van der Waals surface area contributed by atoms with Crippen LogP contribution >= 0.6 is 0 Å². The highest BCUT2D eigenvalue weighted by molar-refractivity contribution is 4.73. The molecule has 4 heteroatoms. The molecule has 0 saturated carbocycles. The summed E-state index contributed by atoms with van der Waals surface area (Å²) in [6, 6.07) is 0. The highest BCUT2D eigenvalue weighted by Crippen LogP contribution is 2.15. The van der Waals surface area contributed by atoms with Crippen molar-refractivity contribution in [3.63, 3.8) is 0 Å². The Morgan fingerprint density at radius 2 is 2.43 bits per heavy atom. The van der Waals surface area contributed by atoms with Crippen molar-refractivity contribution >= 4 is 0 Å². The lowest BCUT2D eigenvalue weighted by molar-refractivity contribution is -0.0966. The van der Waals surface area contributed by atoms with Crippen LogP contribution in [0.15, 0.2) is 0 Å². The summed E-state index contributed by atoms with van der Waals surface area (Å²) in [7, 11) is 0. The topological polar surface area (TPSA) is 32.7 Å². The predicted octanol–water partition coefficient (Wildman–Crippen LogP) is 1.17. The number of ether oxygens (including phenoxy) is 1. The van der Waals surface area contributed by atoms with Gasteiger partial charge in [0.25, 0.3) is 0 Å². The smallest absolute Gasteiger partial charge is 0.196 e. The van der Waals surface area contributed by atoms with Crippen LogP contribution in [-0.4, -0.2) is 48.7 Å². The molecule has 1 aliphatic heterocycles. The van der Waals surface area contributed by atoms with Gasteiger partial charge in [0, 0.05) is 19.7 Å². The molecule has 0 amide bonds. The van der Waals surface area contributed by atoms with Crippen LogP contribution in [0.1, 0.15) is 26.2 Å². The van der Waals surface area contributed by atoms with Gasteiger partial charge in [-0.2, -0.15) is 0 Å². The van der Waals surface area contributed by atoms with E-state index >= 15 is 0 Å². The van der Waals surface area contributed by atoms with Crippen LogP contribution in [0.5, 0.6) is 0 Å². The summed E-state index contributed by atoms with van der Waals surface area (Å²) < 4.78 is 17.7. The van der Waals surface area contributed by atoms with Gasteiger partial charge in [0.05, 0.1) is 6.10 Å². The number of aliphatic hydroxyl groups is 1. The lowest BCUT2D eigenvalue weighted by Gasteiger charge is -2.32. The van der Waals surface area contributed by atoms with Crippen LogP contribution in [0.4, 0.5) is 4.39 Å². The molecule has 0 aliphatic carbocycles. The largest absolute Gasteiger partial charge is 0.396 e. The molecule has 1 rings (SSSR count). The molecule has 1 heterocycles. The van der Waals surface area contributed by atoms with E-state index in [0.29, 0.717) is 0 Å².